The molecular formula is C23H16Cl2N2O2. The van der Waals surface area contributed by atoms with Crippen LogP contribution in [0.3, 0.4) is 0 Å². The summed E-state index contributed by atoms with van der Waals surface area (Å²) in [5.74, 6) is 0.194. The number of carbonyl (C=O) groups excluding carboxylic acids is 1. The number of benzene rings is 3. The van der Waals surface area contributed by atoms with Gasteiger partial charge in [0.1, 0.15) is 24.0 Å². The topological polar surface area (TPSA) is 62.1 Å². The summed E-state index contributed by atoms with van der Waals surface area (Å²) >= 11 is 11.7. The fourth-order valence-corrected chi connectivity index (χ4v) is 2.71. The SMILES string of the molecule is N#C/C(=C/c1ccc(OCc2ccc(Cl)cc2)cc1)C(=O)Nc1ccc(Cl)cc1. The number of rotatable bonds is 6. The molecule has 29 heavy (non-hydrogen) atoms. The highest BCUT2D eigenvalue weighted by Gasteiger charge is 2.09. The molecule has 0 aliphatic heterocycles. The molecule has 0 unspecified atom stereocenters. The minimum atomic E-state index is -0.488. The molecule has 0 aromatic heterocycles. The monoisotopic (exact) mass is 422 g/mol. The minimum Gasteiger partial charge on any atom is -0.489 e. The molecule has 6 heteroatoms. The molecule has 1 amide bonds. The summed E-state index contributed by atoms with van der Waals surface area (Å²) in [4.78, 5) is 12.3. The Morgan fingerprint density at radius 1 is 0.931 bits per heavy atom. The number of anilines is 1. The third kappa shape index (κ3) is 6.11. The first-order valence-electron chi connectivity index (χ1n) is 8.69. The Morgan fingerprint density at radius 2 is 1.52 bits per heavy atom. The summed E-state index contributed by atoms with van der Waals surface area (Å²) in [6.07, 6.45) is 1.52. The van der Waals surface area contributed by atoms with Gasteiger partial charge in [-0.2, -0.15) is 5.26 Å². The van der Waals surface area contributed by atoms with Gasteiger partial charge < -0.3 is 10.1 Å². The van der Waals surface area contributed by atoms with Crippen molar-refractivity contribution in [2.24, 2.45) is 0 Å². The van der Waals surface area contributed by atoms with E-state index in [9.17, 15) is 10.1 Å². The van der Waals surface area contributed by atoms with E-state index in [0.717, 1.165) is 5.56 Å². The molecule has 0 saturated carbocycles. The Kier molecular flexibility index (Phi) is 6.91. The molecule has 0 spiro atoms. The van der Waals surface area contributed by atoms with E-state index < -0.39 is 5.91 Å². The molecule has 3 aromatic rings. The number of nitriles is 1. The van der Waals surface area contributed by atoms with Crippen molar-refractivity contribution in [3.8, 4) is 11.8 Å². The van der Waals surface area contributed by atoms with Crippen molar-refractivity contribution in [2.45, 2.75) is 6.61 Å². The molecule has 144 valence electrons. The van der Waals surface area contributed by atoms with Crippen molar-refractivity contribution >= 4 is 40.9 Å². The van der Waals surface area contributed by atoms with Crippen LogP contribution in [-0.4, -0.2) is 5.91 Å². The third-order valence-corrected chi connectivity index (χ3v) is 4.48. The second kappa shape index (κ2) is 9.79. The van der Waals surface area contributed by atoms with Gasteiger partial charge in [0.2, 0.25) is 0 Å². The summed E-state index contributed by atoms with van der Waals surface area (Å²) < 4.78 is 5.74. The quantitative estimate of drug-likeness (QED) is 0.384. The minimum absolute atomic E-state index is 0.00483. The molecule has 0 atom stereocenters. The zero-order chi connectivity index (χ0) is 20.6. The fourth-order valence-electron chi connectivity index (χ4n) is 2.45. The molecular weight excluding hydrogens is 407 g/mol. The third-order valence-electron chi connectivity index (χ3n) is 3.98. The average Bonchev–Trinajstić information content (AvgIpc) is 2.74. The fraction of sp³-hybridized carbons (Fsp3) is 0.0435. The predicted octanol–water partition coefficient (Wildman–Crippen LogP) is 6.12. The van der Waals surface area contributed by atoms with Crippen LogP contribution in [0.25, 0.3) is 6.08 Å². The molecule has 0 aliphatic carbocycles. The molecule has 0 heterocycles. The first kappa shape index (κ1) is 20.5. The van der Waals surface area contributed by atoms with Gasteiger partial charge in [-0.15, -0.1) is 0 Å². The van der Waals surface area contributed by atoms with E-state index in [1.807, 2.05) is 30.3 Å². The van der Waals surface area contributed by atoms with Crippen molar-refractivity contribution in [2.75, 3.05) is 5.32 Å². The number of halogens is 2. The summed E-state index contributed by atoms with van der Waals surface area (Å²) in [5, 5.41) is 13.2. The number of carbonyl (C=O) groups is 1. The van der Waals surface area contributed by atoms with Crippen LogP contribution in [0.2, 0.25) is 10.0 Å². The summed E-state index contributed by atoms with van der Waals surface area (Å²) in [5.41, 5.74) is 2.27. The largest absolute Gasteiger partial charge is 0.489 e. The average molecular weight is 423 g/mol. The normalized spacial score (nSPS) is 10.9. The van der Waals surface area contributed by atoms with E-state index in [0.29, 0.717) is 33.7 Å². The summed E-state index contributed by atoms with van der Waals surface area (Å²) in [7, 11) is 0. The number of hydrogen-bond acceptors (Lipinski definition) is 3. The van der Waals surface area contributed by atoms with E-state index >= 15 is 0 Å². The molecule has 3 aromatic carbocycles. The molecule has 0 aliphatic rings. The highest BCUT2D eigenvalue weighted by molar-refractivity contribution is 6.30. The molecule has 0 fully saturated rings. The standard InChI is InChI=1S/C23H16Cl2N2O2/c24-19-5-1-17(2-6-19)15-29-22-11-3-16(4-12-22)13-18(14-26)23(28)27-21-9-7-20(25)8-10-21/h1-13H,15H2,(H,27,28)/b18-13-. The highest BCUT2D eigenvalue weighted by atomic mass is 35.5. The summed E-state index contributed by atoms with van der Waals surface area (Å²) in [6.45, 7) is 0.416. The maximum Gasteiger partial charge on any atom is 0.266 e. The smallest absolute Gasteiger partial charge is 0.266 e. The van der Waals surface area contributed by atoms with Gasteiger partial charge in [0, 0.05) is 15.7 Å². The van der Waals surface area contributed by atoms with E-state index in [2.05, 4.69) is 5.32 Å². The zero-order valence-corrected chi connectivity index (χ0v) is 16.7. The van der Waals surface area contributed by atoms with Gasteiger partial charge in [0.05, 0.1) is 0 Å². The maximum atomic E-state index is 12.3. The second-order valence-electron chi connectivity index (χ2n) is 6.12. The van der Waals surface area contributed by atoms with Crippen LogP contribution in [0.5, 0.6) is 5.75 Å². The van der Waals surface area contributed by atoms with Crippen LogP contribution in [0.15, 0.2) is 78.4 Å². The number of nitrogens with zero attached hydrogens (tertiary/aromatic N) is 1. The van der Waals surface area contributed by atoms with E-state index in [4.69, 9.17) is 27.9 Å². The van der Waals surface area contributed by atoms with E-state index in [1.165, 1.54) is 6.08 Å². The molecule has 1 N–H and O–H groups in total. The zero-order valence-electron chi connectivity index (χ0n) is 15.2. The van der Waals surface area contributed by atoms with Gasteiger partial charge in [-0.3, -0.25) is 4.79 Å². The Balaban J connectivity index is 1.63. The lowest BCUT2D eigenvalue weighted by atomic mass is 10.1. The predicted molar refractivity (Wildman–Crippen MR) is 116 cm³/mol. The number of amides is 1. The molecule has 3 rings (SSSR count). The van der Waals surface area contributed by atoms with Crippen LogP contribution >= 0.6 is 23.2 Å². The number of nitrogens with one attached hydrogen (secondary N) is 1. The lowest BCUT2D eigenvalue weighted by molar-refractivity contribution is -0.112. The van der Waals surface area contributed by atoms with Gasteiger partial charge in [0.15, 0.2) is 0 Å². The Bertz CT molecular complexity index is 1050. The van der Waals surface area contributed by atoms with Gasteiger partial charge in [-0.1, -0.05) is 47.5 Å². The molecule has 4 nitrogen and oxygen atoms in total. The van der Waals surface area contributed by atoms with E-state index in [1.54, 1.807) is 48.5 Å². The van der Waals surface area contributed by atoms with Crippen molar-refractivity contribution in [3.05, 3.63) is 99.5 Å². The summed E-state index contributed by atoms with van der Waals surface area (Å²) in [6, 6.07) is 23.2. The van der Waals surface area contributed by atoms with Crippen LogP contribution < -0.4 is 10.1 Å². The van der Waals surface area contributed by atoms with Crippen molar-refractivity contribution in [1.29, 1.82) is 5.26 Å². The Hall–Kier alpha value is -3.26. The van der Waals surface area contributed by atoms with Gasteiger partial charge >= 0.3 is 0 Å². The Morgan fingerprint density at radius 3 is 2.10 bits per heavy atom. The number of hydrogen-bond donors (Lipinski definition) is 1. The van der Waals surface area contributed by atoms with Crippen molar-refractivity contribution in [3.63, 3.8) is 0 Å². The first-order chi connectivity index (χ1) is 14.0. The highest BCUT2D eigenvalue weighted by Crippen LogP contribution is 2.18. The van der Waals surface area contributed by atoms with Crippen molar-refractivity contribution in [1.82, 2.24) is 0 Å². The molecule has 0 radical (unpaired) electrons. The van der Waals surface area contributed by atoms with E-state index in [-0.39, 0.29) is 5.57 Å². The lowest BCUT2D eigenvalue weighted by Gasteiger charge is -2.07. The second-order valence-corrected chi connectivity index (χ2v) is 6.99. The van der Waals surface area contributed by atoms with Crippen LogP contribution in [-0.2, 0) is 11.4 Å². The number of ether oxygens (including phenoxy) is 1. The van der Waals surface area contributed by atoms with Crippen molar-refractivity contribution < 1.29 is 9.53 Å². The van der Waals surface area contributed by atoms with Crippen LogP contribution in [0.4, 0.5) is 5.69 Å². The van der Waals surface area contributed by atoms with Gasteiger partial charge in [0.25, 0.3) is 5.91 Å². The van der Waals surface area contributed by atoms with Gasteiger partial charge in [-0.25, -0.2) is 0 Å². The first-order valence-corrected chi connectivity index (χ1v) is 9.45. The molecule has 0 saturated heterocycles. The lowest BCUT2D eigenvalue weighted by Crippen LogP contribution is -2.13. The Labute approximate surface area is 179 Å². The van der Waals surface area contributed by atoms with Crippen LogP contribution in [0, 0.1) is 11.3 Å². The maximum absolute atomic E-state index is 12.3. The molecule has 0 bridgehead atoms. The van der Waals surface area contributed by atoms with Gasteiger partial charge in [-0.05, 0) is 65.7 Å². The van der Waals surface area contributed by atoms with Crippen LogP contribution in [0.1, 0.15) is 11.1 Å².